The van der Waals surface area contributed by atoms with Gasteiger partial charge in [0.25, 0.3) is 0 Å². The minimum atomic E-state index is -0.825. The van der Waals surface area contributed by atoms with Crippen molar-refractivity contribution in [3.05, 3.63) is 34.8 Å². The van der Waals surface area contributed by atoms with E-state index in [9.17, 15) is 19.5 Å². The lowest BCUT2D eigenvalue weighted by Gasteiger charge is -2.68. The van der Waals surface area contributed by atoms with Gasteiger partial charge in [0.2, 0.25) is 5.70 Å². The van der Waals surface area contributed by atoms with E-state index in [2.05, 4.69) is 39.5 Å². The van der Waals surface area contributed by atoms with Crippen molar-refractivity contribution in [1.82, 2.24) is 0 Å². The first-order valence-corrected chi connectivity index (χ1v) is 13.7. The van der Waals surface area contributed by atoms with E-state index in [1.165, 1.54) is 0 Å². The number of rotatable bonds is 1. The largest absolute Gasteiger partial charge is 0.481 e. The Kier molecular flexibility index (Phi) is 5.09. The van der Waals surface area contributed by atoms with E-state index in [0.717, 1.165) is 31.3 Å². The van der Waals surface area contributed by atoms with E-state index in [-0.39, 0.29) is 51.3 Å². The Morgan fingerprint density at radius 1 is 1.00 bits per heavy atom. The minimum absolute atomic E-state index is 0.0116. The Hall–Kier alpha value is -2.22. The summed E-state index contributed by atoms with van der Waals surface area (Å²) < 4.78 is 0. The van der Waals surface area contributed by atoms with E-state index in [4.69, 9.17) is 6.57 Å². The molecule has 3 saturated carbocycles. The molecule has 5 nitrogen and oxygen atoms in total. The molecular weight excluding hydrogens is 450 g/mol. The number of nitrogens with zero attached hydrogens (tertiary/aromatic N) is 1. The third kappa shape index (κ3) is 2.85. The first-order chi connectivity index (χ1) is 16.5. The van der Waals surface area contributed by atoms with E-state index >= 15 is 0 Å². The van der Waals surface area contributed by atoms with Gasteiger partial charge >= 0.3 is 5.97 Å². The molecule has 5 rings (SSSR count). The lowest BCUT2D eigenvalue weighted by atomic mass is 9.34. The zero-order chi connectivity index (χ0) is 26.7. The van der Waals surface area contributed by atoms with Crippen LogP contribution in [0, 0.1) is 56.8 Å². The molecule has 5 heteroatoms. The number of fused-ring (bicyclic) bond motifs is 7. The Balaban J connectivity index is 1.71. The number of hydrogen-bond acceptors (Lipinski definition) is 3. The van der Waals surface area contributed by atoms with Crippen LogP contribution in [-0.4, -0.2) is 22.6 Å². The van der Waals surface area contributed by atoms with Crippen LogP contribution in [0.1, 0.15) is 93.4 Å². The molecular formula is C31H41NO4. The predicted molar refractivity (Wildman–Crippen MR) is 138 cm³/mol. The molecule has 0 saturated heterocycles. The summed E-state index contributed by atoms with van der Waals surface area (Å²) in [6, 6.07) is 0. The number of allylic oxidation sites excluding steroid dienone is 4. The molecule has 0 aromatic rings. The lowest BCUT2D eigenvalue weighted by molar-refractivity contribution is -0.188. The molecule has 0 spiro atoms. The molecule has 0 aromatic heterocycles. The second-order valence-corrected chi connectivity index (χ2v) is 14.7. The van der Waals surface area contributed by atoms with Gasteiger partial charge < -0.3 is 9.90 Å². The van der Waals surface area contributed by atoms with Crippen molar-refractivity contribution in [2.45, 2.75) is 93.4 Å². The molecule has 0 bridgehead atoms. The first kappa shape index (κ1) is 25.4. The molecule has 7 unspecified atom stereocenters. The van der Waals surface area contributed by atoms with Gasteiger partial charge in [-0.05, 0) is 79.1 Å². The lowest BCUT2D eigenvalue weighted by Crippen LogP contribution is -2.65. The Morgan fingerprint density at radius 3 is 2.25 bits per heavy atom. The van der Waals surface area contributed by atoms with Crippen LogP contribution in [0.5, 0.6) is 0 Å². The highest BCUT2D eigenvalue weighted by Crippen LogP contribution is 2.74. The van der Waals surface area contributed by atoms with Gasteiger partial charge in [-0.2, -0.15) is 0 Å². The summed E-state index contributed by atoms with van der Waals surface area (Å²) in [5.41, 5.74) is -1.46. The molecule has 0 heterocycles. The Labute approximate surface area is 215 Å². The highest BCUT2D eigenvalue weighted by Gasteiger charge is 2.70. The van der Waals surface area contributed by atoms with E-state index in [1.807, 2.05) is 26.0 Å². The third-order valence-corrected chi connectivity index (χ3v) is 12.3. The SMILES string of the molecule is [C-]#[N+]C1=CC2(C)C3=CC(=O)C4C5CC(C)(C)CCC5(C(=O)O)CCC4(C)C3(C)CCC2C(C)(C)C1=O. The topological polar surface area (TPSA) is 75.8 Å². The van der Waals surface area contributed by atoms with Crippen LogP contribution in [0.4, 0.5) is 0 Å². The van der Waals surface area contributed by atoms with E-state index in [0.29, 0.717) is 19.3 Å². The van der Waals surface area contributed by atoms with Crippen molar-refractivity contribution < 1.29 is 19.5 Å². The normalized spacial score (nSPS) is 46.7. The number of carbonyl (C=O) groups is 3. The number of aliphatic carboxylic acids is 1. The maximum absolute atomic E-state index is 14.2. The van der Waals surface area contributed by atoms with Crippen LogP contribution >= 0.6 is 0 Å². The zero-order valence-corrected chi connectivity index (χ0v) is 23.0. The summed E-state index contributed by atoms with van der Waals surface area (Å²) in [5.74, 6) is -1.24. The standard InChI is InChI=1S/C31H41NO4/c1-26(2)11-13-31(25(35)36)14-12-30(7)23(18(31)16-26)20(33)15-22-28(5)17-19(32-8)24(34)27(3,4)21(28)9-10-29(22,30)6/h15,17-18,21,23H,9-14,16H2,1-7H3,(H,35,36). The average molecular weight is 492 g/mol. The molecule has 7 atom stereocenters. The summed E-state index contributed by atoms with van der Waals surface area (Å²) in [6.07, 6.45) is 9.03. The van der Waals surface area contributed by atoms with Crippen LogP contribution in [0.3, 0.4) is 0 Å². The van der Waals surface area contributed by atoms with Crippen molar-refractivity contribution in [1.29, 1.82) is 0 Å². The van der Waals surface area contributed by atoms with Gasteiger partial charge in [-0.1, -0.05) is 60.1 Å². The first-order valence-electron chi connectivity index (χ1n) is 13.7. The smallest absolute Gasteiger partial charge is 0.309 e. The van der Waals surface area contributed by atoms with Gasteiger partial charge in [-0.3, -0.25) is 9.59 Å². The number of carboxylic acids is 1. The Morgan fingerprint density at radius 2 is 1.64 bits per heavy atom. The third-order valence-electron chi connectivity index (χ3n) is 12.3. The second kappa shape index (κ2) is 7.21. The number of hydrogen-bond donors (Lipinski definition) is 1. The fourth-order valence-electron chi connectivity index (χ4n) is 9.97. The van der Waals surface area contributed by atoms with E-state index < -0.39 is 22.2 Å². The van der Waals surface area contributed by atoms with Gasteiger partial charge in [0, 0.05) is 16.7 Å². The molecule has 0 radical (unpaired) electrons. The van der Waals surface area contributed by atoms with Gasteiger partial charge in [0.15, 0.2) is 11.6 Å². The molecule has 36 heavy (non-hydrogen) atoms. The van der Waals surface area contributed by atoms with Gasteiger partial charge in [0.05, 0.1) is 12.0 Å². The molecule has 5 aliphatic rings. The van der Waals surface area contributed by atoms with Crippen molar-refractivity contribution >= 4 is 17.5 Å². The van der Waals surface area contributed by atoms with Gasteiger partial charge in [-0.25, -0.2) is 4.85 Å². The van der Waals surface area contributed by atoms with Gasteiger partial charge in [0.1, 0.15) is 0 Å². The summed E-state index contributed by atoms with van der Waals surface area (Å²) in [5, 5.41) is 10.5. The summed E-state index contributed by atoms with van der Waals surface area (Å²) in [6.45, 7) is 22.7. The minimum Gasteiger partial charge on any atom is -0.481 e. The fourth-order valence-corrected chi connectivity index (χ4v) is 9.97. The molecule has 0 amide bonds. The molecule has 1 N–H and O–H groups in total. The summed E-state index contributed by atoms with van der Waals surface area (Å²) in [4.78, 5) is 43.8. The van der Waals surface area contributed by atoms with Gasteiger partial charge in [-0.15, -0.1) is 0 Å². The highest BCUT2D eigenvalue weighted by molar-refractivity contribution is 6.03. The Bertz CT molecular complexity index is 1180. The van der Waals surface area contributed by atoms with Crippen molar-refractivity contribution in [3.8, 4) is 0 Å². The quantitative estimate of drug-likeness (QED) is 0.417. The molecule has 5 aliphatic carbocycles. The predicted octanol–water partition coefficient (Wildman–Crippen LogP) is 6.64. The van der Waals surface area contributed by atoms with Crippen molar-refractivity contribution in [2.24, 2.45) is 50.2 Å². The van der Waals surface area contributed by atoms with E-state index in [1.54, 1.807) is 0 Å². The number of ketones is 2. The maximum Gasteiger partial charge on any atom is 0.309 e. The maximum atomic E-state index is 14.2. The van der Waals surface area contributed by atoms with Crippen LogP contribution < -0.4 is 0 Å². The zero-order valence-electron chi connectivity index (χ0n) is 23.0. The number of carbonyl (C=O) groups excluding carboxylic acids is 2. The van der Waals surface area contributed by atoms with Crippen LogP contribution in [0.25, 0.3) is 4.85 Å². The van der Waals surface area contributed by atoms with Crippen molar-refractivity contribution in [2.75, 3.05) is 0 Å². The molecule has 194 valence electrons. The average Bonchev–Trinajstić information content (AvgIpc) is 2.77. The van der Waals surface area contributed by atoms with Crippen molar-refractivity contribution in [3.63, 3.8) is 0 Å². The van der Waals surface area contributed by atoms with Crippen LogP contribution in [0.15, 0.2) is 23.4 Å². The number of Topliss-reactive ketones (excluding diaryl/α,β-unsaturated/α-hetero) is 1. The summed E-state index contributed by atoms with van der Waals surface area (Å²) in [7, 11) is 0. The fraction of sp³-hybridized carbons (Fsp3) is 0.742. The van der Waals surface area contributed by atoms with Crippen LogP contribution in [-0.2, 0) is 14.4 Å². The number of carboxylic acid groups (broad SMARTS) is 1. The highest BCUT2D eigenvalue weighted by atomic mass is 16.4. The monoisotopic (exact) mass is 491 g/mol. The molecule has 3 fully saturated rings. The molecule has 0 aliphatic heterocycles. The summed E-state index contributed by atoms with van der Waals surface area (Å²) >= 11 is 0. The second-order valence-electron chi connectivity index (χ2n) is 14.7. The molecule has 0 aromatic carbocycles. The van der Waals surface area contributed by atoms with Crippen LogP contribution in [0.2, 0.25) is 0 Å².